The van der Waals surface area contributed by atoms with Crippen LogP contribution in [-0.2, 0) is 4.79 Å². The molecule has 1 atom stereocenters. The molecule has 1 aliphatic carbocycles. The SMILES string of the molecule is Cc1ccccc1NC(=O)[C@H](C)Sc1n[nH]c(C2CC2)n1. The topological polar surface area (TPSA) is 70.7 Å². The molecule has 110 valence electrons. The number of aromatic nitrogens is 3. The molecule has 1 aromatic heterocycles. The fourth-order valence-electron chi connectivity index (χ4n) is 2.01. The number of carbonyl (C=O) groups excluding carboxylic acids is 1. The highest BCUT2D eigenvalue weighted by Crippen LogP contribution is 2.38. The number of amides is 1. The predicted octanol–water partition coefficient (Wildman–Crippen LogP) is 3.11. The zero-order valence-electron chi connectivity index (χ0n) is 12.1. The smallest absolute Gasteiger partial charge is 0.237 e. The molecule has 0 aliphatic heterocycles. The second-order valence-corrected chi connectivity index (χ2v) is 6.65. The van der Waals surface area contributed by atoms with Crippen LogP contribution in [0.1, 0.15) is 37.1 Å². The van der Waals surface area contributed by atoms with E-state index in [0.717, 1.165) is 17.1 Å². The van der Waals surface area contributed by atoms with Crippen molar-refractivity contribution < 1.29 is 4.79 Å². The van der Waals surface area contributed by atoms with E-state index in [1.54, 1.807) is 0 Å². The normalized spacial score (nSPS) is 15.7. The Morgan fingerprint density at radius 1 is 1.43 bits per heavy atom. The van der Waals surface area contributed by atoms with Crippen LogP contribution >= 0.6 is 11.8 Å². The molecule has 3 rings (SSSR count). The Bertz CT molecular complexity index is 651. The van der Waals surface area contributed by atoms with Crippen LogP contribution in [-0.4, -0.2) is 26.3 Å². The molecule has 1 aliphatic rings. The van der Waals surface area contributed by atoms with Gasteiger partial charge in [0, 0.05) is 11.6 Å². The number of nitrogens with one attached hydrogen (secondary N) is 2. The van der Waals surface area contributed by atoms with Gasteiger partial charge in [0.15, 0.2) is 0 Å². The lowest BCUT2D eigenvalue weighted by Gasteiger charge is -2.11. The van der Waals surface area contributed by atoms with Crippen molar-refractivity contribution in [1.29, 1.82) is 0 Å². The van der Waals surface area contributed by atoms with Crippen LogP contribution in [0, 0.1) is 6.92 Å². The summed E-state index contributed by atoms with van der Waals surface area (Å²) in [7, 11) is 0. The molecule has 1 heterocycles. The lowest BCUT2D eigenvalue weighted by atomic mass is 10.2. The van der Waals surface area contributed by atoms with Crippen molar-refractivity contribution in [1.82, 2.24) is 15.2 Å². The number of rotatable bonds is 5. The number of aryl methyl sites for hydroxylation is 1. The van der Waals surface area contributed by atoms with Crippen LogP contribution in [0.4, 0.5) is 5.69 Å². The van der Waals surface area contributed by atoms with Crippen LogP contribution in [0.2, 0.25) is 0 Å². The van der Waals surface area contributed by atoms with Gasteiger partial charge in [-0.2, -0.15) is 0 Å². The van der Waals surface area contributed by atoms with Crippen molar-refractivity contribution in [2.24, 2.45) is 0 Å². The zero-order chi connectivity index (χ0) is 14.8. The lowest BCUT2D eigenvalue weighted by Crippen LogP contribution is -2.22. The van der Waals surface area contributed by atoms with Gasteiger partial charge in [-0.25, -0.2) is 4.98 Å². The Morgan fingerprint density at radius 2 is 2.19 bits per heavy atom. The fraction of sp³-hybridized carbons (Fsp3) is 0.400. The molecule has 2 aromatic rings. The minimum atomic E-state index is -0.243. The second-order valence-electron chi connectivity index (χ2n) is 5.34. The quantitative estimate of drug-likeness (QED) is 0.833. The largest absolute Gasteiger partial charge is 0.325 e. The van der Waals surface area contributed by atoms with Gasteiger partial charge in [0.25, 0.3) is 0 Å². The van der Waals surface area contributed by atoms with Crippen LogP contribution in [0.25, 0.3) is 0 Å². The molecule has 0 saturated heterocycles. The van der Waals surface area contributed by atoms with E-state index in [0.29, 0.717) is 11.1 Å². The highest BCUT2D eigenvalue weighted by atomic mass is 32.2. The molecular weight excluding hydrogens is 284 g/mol. The summed E-state index contributed by atoms with van der Waals surface area (Å²) in [5.74, 6) is 1.46. The maximum atomic E-state index is 12.2. The molecule has 21 heavy (non-hydrogen) atoms. The van der Waals surface area contributed by atoms with Crippen LogP contribution in [0.3, 0.4) is 0 Å². The number of H-pyrrole nitrogens is 1. The molecular formula is C15H18N4OS. The van der Waals surface area contributed by atoms with E-state index in [9.17, 15) is 4.79 Å². The number of thioether (sulfide) groups is 1. The van der Waals surface area contributed by atoms with E-state index in [-0.39, 0.29) is 11.2 Å². The fourth-order valence-corrected chi connectivity index (χ4v) is 2.74. The molecule has 0 unspecified atom stereocenters. The first-order valence-electron chi connectivity index (χ1n) is 7.09. The molecule has 0 bridgehead atoms. The number of para-hydroxylation sites is 1. The van der Waals surface area contributed by atoms with Gasteiger partial charge in [0.2, 0.25) is 11.1 Å². The summed E-state index contributed by atoms with van der Waals surface area (Å²) < 4.78 is 0. The first-order valence-corrected chi connectivity index (χ1v) is 7.97. The Hall–Kier alpha value is -1.82. The minimum absolute atomic E-state index is 0.0351. The van der Waals surface area contributed by atoms with Gasteiger partial charge in [-0.15, -0.1) is 5.10 Å². The third-order valence-electron chi connectivity index (χ3n) is 3.50. The standard InChI is InChI=1S/C15H18N4OS/c1-9-5-3-4-6-12(9)16-14(20)10(2)21-15-17-13(18-19-15)11-7-8-11/h3-6,10-11H,7-8H2,1-2H3,(H,16,20)(H,17,18,19)/t10-/m0/s1. The maximum Gasteiger partial charge on any atom is 0.237 e. The average molecular weight is 302 g/mol. The van der Waals surface area contributed by atoms with Crippen molar-refractivity contribution in [2.75, 3.05) is 5.32 Å². The Morgan fingerprint density at radius 3 is 2.90 bits per heavy atom. The van der Waals surface area contributed by atoms with Gasteiger partial charge in [-0.05, 0) is 38.3 Å². The van der Waals surface area contributed by atoms with Crippen molar-refractivity contribution in [3.05, 3.63) is 35.7 Å². The van der Waals surface area contributed by atoms with E-state index in [2.05, 4.69) is 20.5 Å². The number of nitrogens with zero attached hydrogens (tertiary/aromatic N) is 2. The number of hydrogen-bond donors (Lipinski definition) is 2. The molecule has 1 amide bonds. The maximum absolute atomic E-state index is 12.2. The lowest BCUT2D eigenvalue weighted by molar-refractivity contribution is -0.115. The van der Waals surface area contributed by atoms with Crippen molar-refractivity contribution in [3.8, 4) is 0 Å². The Labute approximate surface area is 127 Å². The van der Waals surface area contributed by atoms with Gasteiger partial charge >= 0.3 is 0 Å². The van der Waals surface area contributed by atoms with E-state index in [1.807, 2.05) is 38.1 Å². The minimum Gasteiger partial charge on any atom is -0.325 e. The molecule has 6 heteroatoms. The number of benzene rings is 1. The van der Waals surface area contributed by atoms with E-state index < -0.39 is 0 Å². The first kappa shape index (κ1) is 14.1. The number of carbonyl (C=O) groups is 1. The molecule has 0 radical (unpaired) electrons. The van der Waals surface area contributed by atoms with Crippen molar-refractivity contribution in [2.45, 2.75) is 43.0 Å². The summed E-state index contributed by atoms with van der Waals surface area (Å²) in [6, 6.07) is 7.75. The van der Waals surface area contributed by atoms with Gasteiger partial charge in [-0.1, -0.05) is 30.0 Å². The number of anilines is 1. The number of hydrogen-bond acceptors (Lipinski definition) is 4. The average Bonchev–Trinajstić information content (AvgIpc) is 3.22. The molecule has 2 N–H and O–H groups in total. The summed E-state index contributed by atoms with van der Waals surface area (Å²) in [5, 5.41) is 10.5. The molecule has 0 spiro atoms. The zero-order valence-corrected chi connectivity index (χ0v) is 12.9. The molecule has 1 saturated carbocycles. The van der Waals surface area contributed by atoms with E-state index >= 15 is 0 Å². The highest BCUT2D eigenvalue weighted by Gasteiger charge is 2.27. The highest BCUT2D eigenvalue weighted by molar-refractivity contribution is 8.00. The van der Waals surface area contributed by atoms with E-state index in [4.69, 9.17) is 0 Å². The third kappa shape index (κ3) is 3.44. The summed E-state index contributed by atoms with van der Waals surface area (Å²) in [6.07, 6.45) is 2.37. The monoisotopic (exact) mass is 302 g/mol. The number of aromatic amines is 1. The summed E-state index contributed by atoms with van der Waals surface area (Å²) in [6.45, 7) is 3.84. The predicted molar refractivity (Wildman–Crippen MR) is 83.5 cm³/mol. The molecule has 1 aromatic carbocycles. The Balaban J connectivity index is 1.60. The molecule has 1 fully saturated rings. The van der Waals surface area contributed by atoms with Crippen LogP contribution < -0.4 is 5.32 Å². The summed E-state index contributed by atoms with van der Waals surface area (Å²) >= 11 is 1.38. The Kier molecular flexibility index (Phi) is 3.96. The summed E-state index contributed by atoms with van der Waals surface area (Å²) in [5.41, 5.74) is 1.90. The third-order valence-corrected chi connectivity index (χ3v) is 4.46. The van der Waals surface area contributed by atoms with Crippen LogP contribution in [0.5, 0.6) is 0 Å². The van der Waals surface area contributed by atoms with Crippen molar-refractivity contribution >= 4 is 23.4 Å². The van der Waals surface area contributed by atoms with Crippen molar-refractivity contribution in [3.63, 3.8) is 0 Å². The van der Waals surface area contributed by atoms with Crippen LogP contribution in [0.15, 0.2) is 29.4 Å². The van der Waals surface area contributed by atoms with Gasteiger partial charge < -0.3 is 5.32 Å². The van der Waals surface area contributed by atoms with E-state index in [1.165, 1.54) is 24.6 Å². The van der Waals surface area contributed by atoms with Gasteiger partial charge in [0.05, 0.1) is 5.25 Å². The van der Waals surface area contributed by atoms with Gasteiger partial charge in [0.1, 0.15) is 5.82 Å². The first-order chi connectivity index (χ1) is 10.1. The second kappa shape index (κ2) is 5.89. The summed E-state index contributed by atoms with van der Waals surface area (Å²) in [4.78, 5) is 16.7. The molecule has 5 nitrogen and oxygen atoms in total. The van der Waals surface area contributed by atoms with Gasteiger partial charge in [-0.3, -0.25) is 9.89 Å².